The van der Waals surface area contributed by atoms with Gasteiger partial charge < -0.3 is 0 Å². The number of fused-ring (bicyclic) bond motifs is 5. The fraction of sp³-hybridized carbons (Fsp3) is 0.163. The van der Waals surface area contributed by atoms with Gasteiger partial charge in [-0.05, 0) is 104 Å². The first-order valence-corrected chi connectivity index (χ1v) is 15.9. The van der Waals surface area contributed by atoms with E-state index < -0.39 is 0 Å². The SMILES string of the molecule is C1=CC2=C(c3ccc4c(c3)C=CCC=C4)C3=C(C=CC4CC34)C3(c4ccc(-c5cccc6ccccc56)cc4)CC23C=C1. The molecular weight excluding hydrogens is 516 g/mol. The molecule has 0 heterocycles. The molecule has 204 valence electrons. The molecule has 0 N–H and O–H groups in total. The third kappa shape index (κ3) is 3.16. The molecule has 6 aliphatic carbocycles. The Morgan fingerprint density at radius 1 is 0.674 bits per heavy atom. The van der Waals surface area contributed by atoms with Gasteiger partial charge in [0.1, 0.15) is 0 Å². The summed E-state index contributed by atoms with van der Waals surface area (Å²) in [4.78, 5) is 0. The van der Waals surface area contributed by atoms with Gasteiger partial charge in [0.25, 0.3) is 0 Å². The van der Waals surface area contributed by atoms with E-state index in [1.54, 1.807) is 11.1 Å². The Balaban J connectivity index is 1.15. The van der Waals surface area contributed by atoms with Crippen molar-refractivity contribution in [2.24, 2.45) is 17.3 Å². The van der Waals surface area contributed by atoms with Crippen molar-refractivity contribution >= 4 is 28.5 Å². The van der Waals surface area contributed by atoms with Crippen molar-refractivity contribution in [3.63, 3.8) is 0 Å². The minimum Gasteiger partial charge on any atom is -0.0805 e. The highest BCUT2D eigenvalue weighted by Crippen LogP contribution is 2.79. The minimum atomic E-state index is -0.00188. The summed E-state index contributed by atoms with van der Waals surface area (Å²) in [5.74, 6) is 1.33. The molecule has 2 saturated carbocycles. The zero-order valence-electron chi connectivity index (χ0n) is 24.1. The molecule has 0 heteroatoms. The number of rotatable bonds is 3. The summed E-state index contributed by atoms with van der Waals surface area (Å²) in [6.07, 6.45) is 27.2. The van der Waals surface area contributed by atoms with Gasteiger partial charge in [-0.25, -0.2) is 0 Å². The molecule has 0 radical (unpaired) electrons. The molecule has 0 saturated heterocycles. The van der Waals surface area contributed by atoms with Crippen LogP contribution in [0.2, 0.25) is 0 Å². The topological polar surface area (TPSA) is 0 Å². The lowest BCUT2D eigenvalue weighted by Gasteiger charge is -2.38. The Bertz CT molecular complexity index is 2100. The van der Waals surface area contributed by atoms with Crippen molar-refractivity contribution in [3.8, 4) is 11.1 Å². The van der Waals surface area contributed by atoms with Crippen LogP contribution in [-0.2, 0) is 5.41 Å². The third-order valence-corrected chi connectivity index (χ3v) is 11.1. The van der Waals surface area contributed by atoms with Crippen molar-refractivity contribution in [2.45, 2.75) is 24.7 Å². The van der Waals surface area contributed by atoms with Crippen LogP contribution in [0.1, 0.15) is 41.5 Å². The Morgan fingerprint density at radius 3 is 2.44 bits per heavy atom. The van der Waals surface area contributed by atoms with Gasteiger partial charge in [0.2, 0.25) is 0 Å². The lowest BCUT2D eigenvalue weighted by molar-refractivity contribution is 0.631. The second kappa shape index (κ2) is 8.45. The van der Waals surface area contributed by atoms with E-state index in [0.29, 0.717) is 11.8 Å². The molecule has 0 nitrogen and oxygen atoms in total. The summed E-state index contributed by atoms with van der Waals surface area (Å²) in [7, 11) is 0. The molecular formula is C43H32. The summed E-state index contributed by atoms with van der Waals surface area (Å²) in [5.41, 5.74) is 14.3. The molecule has 0 aromatic heterocycles. The van der Waals surface area contributed by atoms with Crippen LogP contribution in [0.15, 0.2) is 150 Å². The van der Waals surface area contributed by atoms with Crippen molar-refractivity contribution in [1.29, 1.82) is 0 Å². The molecule has 4 aromatic rings. The summed E-state index contributed by atoms with van der Waals surface area (Å²) in [6, 6.07) is 32.2. The fourth-order valence-electron chi connectivity index (χ4n) is 8.99. The highest BCUT2D eigenvalue weighted by atomic mass is 14.7. The molecule has 4 unspecified atom stereocenters. The van der Waals surface area contributed by atoms with Gasteiger partial charge >= 0.3 is 0 Å². The zero-order chi connectivity index (χ0) is 28.2. The zero-order valence-corrected chi connectivity index (χ0v) is 24.1. The van der Waals surface area contributed by atoms with Crippen LogP contribution in [0.3, 0.4) is 0 Å². The smallest absolute Gasteiger partial charge is 0.0349 e. The van der Waals surface area contributed by atoms with E-state index in [0.717, 1.165) is 12.8 Å². The van der Waals surface area contributed by atoms with E-state index in [1.807, 2.05) is 0 Å². The Hall–Kier alpha value is -4.68. The monoisotopic (exact) mass is 548 g/mol. The molecule has 0 aliphatic heterocycles. The molecule has 1 spiro atoms. The summed E-state index contributed by atoms with van der Waals surface area (Å²) >= 11 is 0. The van der Waals surface area contributed by atoms with E-state index >= 15 is 0 Å². The maximum atomic E-state index is 2.53. The van der Waals surface area contributed by atoms with E-state index in [-0.39, 0.29) is 10.8 Å². The maximum absolute atomic E-state index is 2.53. The normalized spacial score (nSPS) is 28.7. The molecule has 0 amide bonds. The van der Waals surface area contributed by atoms with Crippen LogP contribution in [0.25, 0.3) is 39.6 Å². The van der Waals surface area contributed by atoms with E-state index in [4.69, 9.17) is 0 Å². The maximum Gasteiger partial charge on any atom is 0.0349 e. The number of hydrogen-bond acceptors (Lipinski definition) is 0. The van der Waals surface area contributed by atoms with Crippen molar-refractivity contribution in [1.82, 2.24) is 0 Å². The minimum absolute atomic E-state index is 0.00188. The van der Waals surface area contributed by atoms with Gasteiger partial charge in [0, 0.05) is 10.8 Å². The number of benzene rings is 4. The summed E-state index contributed by atoms with van der Waals surface area (Å²) < 4.78 is 0. The summed E-state index contributed by atoms with van der Waals surface area (Å²) in [5, 5.41) is 2.61. The predicted molar refractivity (Wildman–Crippen MR) is 180 cm³/mol. The van der Waals surface area contributed by atoms with Crippen LogP contribution in [0.5, 0.6) is 0 Å². The van der Waals surface area contributed by atoms with E-state index in [9.17, 15) is 0 Å². The molecule has 6 aliphatic rings. The van der Waals surface area contributed by atoms with E-state index in [2.05, 4.69) is 146 Å². The Morgan fingerprint density at radius 2 is 1.51 bits per heavy atom. The molecule has 4 atom stereocenters. The van der Waals surface area contributed by atoms with Crippen molar-refractivity contribution < 1.29 is 0 Å². The lowest BCUT2D eigenvalue weighted by Crippen LogP contribution is -2.29. The first-order chi connectivity index (χ1) is 21.3. The molecule has 2 fully saturated rings. The first-order valence-electron chi connectivity index (χ1n) is 15.9. The van der Waals surface area contributed by atoms with Gasteiger partial charge in [-0.1, -0.05) is 140 Å². The van der Waals surface area contributed by atoms with Crippen LogP contribution >= 0.6 is 0 Å². The highest BCUT2D eigenvalue weighted by molar-refractivity contribution is 5.97. The number of hydrogen-bond donors (Lipinski definition) is 0. The van der Waals surface area contributed by atoms with Gasteiger partial charge in [-0.3, -0.25) is 0 Å². The highest BCUT2D eigenvalue weighted by Gasteiger charge is 2.73. The van der Waals surface area contributed by atoms with Gasteiger partial charge in [-0.15, -0.1) is 0 Å². The Kier molecular flexibility index (Phi) is 4.68. The van der Waals surface area contributed by atoms with Gasteiger partial charge in [0.15, 0.2) is 0 Å². The standard InChI is InChI=1S/C43H32/c1-2-9-28-16-17-33(25-31(28)11-3-1)40-38-15-6-7-24-42(38)27-43(42,39-23-20-32-26-37(32)41(39)40)34-21-18-30(19-22-34)36-14-8-12-29-10-4-5-13-35(29)36/h2-25,32,37H,1,26-27H2. The molecule has 0 bridgehead atoms. The van der Waals surface area contributed by atoms with Crippen LogP contribution in [0, 0.1) is 17.3 Å². The second-order valence-electron chi connectivity index (χ2n) is 13.2. The fourth-order valence-corrected chi connectivity index (χ4v) is 8.99. The average Bonchev–Trinajstić information content (AvgIpc) is 3.97. The average molecular weight is 549 g/mol. The molecule has 4 aromatic carbocycles. The number of allylic oxidation sites excluding steroid dienone is 12. The molecule has 10 rings (SSSR count). The largest absolute Gasteiger partial charge is 0.0805 e. The Labute approximate surface area is 253 Å². The van der Waals surface area contributed by atoms with Crippen LogP contribution in [0.4, 0.5) is 0 Å². The van der Waals surface area contributed by atoms with Gasteiger partial charge in [0.05, 0.1) is 0 Å². The third-order valence-electron chi connectivity index (χ3n) is 11.1. The first kappa shape index (κ1) is 23.8. The summed E-state index contributed by atoms with van der Waals surface area (Å²) in [6.45, 7) is 0. The van der Waals surface area contributed by atoms with Gasteiger partial charge in [-0.2, -0.15) is 0 Å². The molecule has 43 heavy (non-hydrogen) atoms. The van der Waals surface area contributed by atoms with Crippen LogP contribution in [-0.4, -0.2) is 0 Å². The van der Waals surface area contributed by atoms with Crippen LogP contribution < -0.4 is 0 Å². The van der Waals surface area contributed by atoms with Crippen molar-refractivity contribution in [2.75, 3.05) is 0 Å². The lowest BCUT2D eigenvalue weighted by atomic mass is 9.64. The predicted octanol–water partition coefficient (Wildman–Crippen LogP) is 10.7. The quantitative estimate of drug-likeness (QED) is 0.239. The van der Waals surface area contributed by atoms with Crippen molar-refractivity contribution in [3.05, 3.63) is 173 Å². The second-order valence-corrected chi connectivity index (χ2v) is 13.2. The van der Waals surface area contributed by atoms with E-state index in [1.165, 1.54) is 61.7 Å².